The summed E-state index contributed by atoms with van der Waals surface area (Å²) >= 11 is 0. The fraction of sp³-hybridized carbons (Fsp3) is 0.625. The number of hydrogen-bond acceptors (Lipinski definition) is 3. The van der Waals surface area contributed by atoms with Gasteiger partial charge in [0.15, 0.2) is 0 Å². The second-order valence-electron chi connectivity index (χ2n) is 5.64. The third kappa shape index (κ3) is 3.95. The van der Waals surface area contributed by atoms with Crippen LogP contribution in [-0.4, -0.2) is 30.4 Å². The molecule has 1 aliphatic heterocycles. The van der Waals surface area contributed by atoms with E-state index in [0.717, 1.165) is 38.1 Å². The maximum absolute atomic E-state index is 10.3. The fourth-order valence-electron chi connectivity index (χ4n) is 2.38. The van der Waals surface area contributed by atoms with E-state index >= 15 is 0 Å². The fourth-order valence-corrected chi connectivity index (χ4v) is 2.38. The van der Waals surface area contributed by atoms with Crippen LogP contribution >= 0.6 is 0 Å². The Morgan fingerprint density at radius 2 is 1.89 bits per heavy atom. The Bertz CT molecular complexity index is 382. The molecule has 3 heteroatoms. The zero-order valence-corrected chi connectivity index (χ0v) is 12.0. The molecule has 1 saturated heterocycles. The summed E-state index contributed by atoms with van der Waals surface area (Å²) in [4.78, 5) is 0. The quantitative estimate of drug-likeness (QED) is 0.858. The first-order valence-electron chi connectivity index (χ1n) is 7.29. The summed E-state index contributed by atoms with van der Waals surface area (Å²) in [7, 11) is 0. The van der Waals surface area contributed by atoms with E-state index in [0.29, 0.717) is 12.5 Å². The Kier molecular flexibility index (Phi) is 4.83. The minimum atomic E-state index is -0.666. The molecular formula is C16H25NO2. The predicted octanol–water partition coefficient (Wildman–Crippen LogP) is 2.69. The van der Waals surface area contributed by atoms with E-state index in [4.69, 9.17) is 4.74 Å². The number of ether oxygens (including phenoxy) is 1. The van der Waals surface area contributed by atoms with Crippen LogP contribution in [0.15, 0.2) is 24.3 Å². The highest BCUT2D eigenvalue weighted by molar-refractivity contribution is 5.29. The normalized spacial score (nSPS) is 19.9. The van der Waals surface area contributed by atoms with Gasteiger partial charge in [-0.05, 0) is 56.0 Å². The van der Waals surface area contributed by atoms with Crippen LogP contribution in [0.4, 0.5) is 0 Å². The highest BCUT2D eigenvalue weighted by Gasteiger charge is 2.29. The Morgan fingerprint density at radius 3 is 2.47 bits per heavy atom. The second-order valence-corrected chi connectivity index (χ2v) is 5.64. The van der Waals surface area contributed by atoms with Gasteiger partial charge in [0.2, 0.25) is 0 Å². The summed E-state index contributed by atoms with van der Waals surface area (Å²) in [5, 5.41) is 13.6. The van der Waals surface area contributed by atoms with Gasteiger partial charge < -0.3 is 15.2 Å². The van der Waals surface area contributed by atoms with Gasteiger partial charge in [-0.1, -0.05) is 26.0 Å². The molecule has 106 valence electrons. The molecule has 1 fully saturated rings. The first-order valence-corrected chi connectivity index (χ1v) is 7.29. The van der Waals surface area contributed by atoms with Gasteiger partial charge in [-0.25, -0.2) is 0 Å². The van der Waals surface area contributed by atoms with Crippen LogP contribution in [-0.2, 0) is 0 Å². The van der Waals surface area contributed by atoms with Crippen molar-refractivity contribution < 1.29 is 9.84 Å². The van der Waals surface area contributed by atoms with Crippen molar-refractivity contribution >= 4 is 0 Å². The number of aliphatic hydroxyl groups is 1. The molecule has 0 spiro atoms. The molecule has 0 bridgehead atoms. The predicted molar refractivity (Wildman–Crippen MR) is 77.7 cm³/mol. The molecule has 3 nitrogen and oxygen atoms in total. The molecular weight excluding hydrogens is 238 g/mol. The molecule has 2 rings (SSSR count). The minimum Gasteiger partial charge on any atom is -0.491 e. The molecule has 19 heavy (non-hydrogen) atoms. The highest BCUT2D eigenvalue weighted by Crippen LogP contribution is 2.23. The van der Waals surface area contributed by atoms with Gasteiger partial charge in [-0.3, -0.25) is 0 Å². The molecule has 0 aromatic heterocycles. The first-order chi connectivity index (χ1) is 9.13. The maximum atomic E-state index is 10.3. The van der Waals surface area contributed by atoms with Crippen LogP contribution in [0.2, 0.25) is 0 Å². The summed E-state index contributed by atoms with van der Waals surface area (Å²) in [6.45, 7) is 6.55. The van der Waals surface area contributed by atoms with Gasteiger partial charge in [0.25, 0.3) is 0 Å². The minimum absolute atomic E-state index is 0.386. The molecule has 1 aromatic carbocycles. The van der Waals surface area contributed by atoms with E-state index in [2.05, 4.69) is 31.3 Å². The topological polar surface area (TPSA) is 41.5 Å². The molecule has 1 atom stereocenters. The van der Waals surface area contributed by atoms with Crippen molar-refractivity contribution in [1.29, 1.82) is 0 Å². The van der Waals surface area contributed by atoms with Crippen molar-refractivity contribution in [2.45, 2.75) is 44.6 Å². The lowest BCUT2D eigenvalue weighted by Crippen LogP contribution is -2.45. The van der Waals surface area contributed by atoms with E-state index in [-0.39, 0.29) is 0 Å². The zero-order chi connectivity index (χ0) is 13.7. The lowest BCUT2D eigenvalue weighted by molar-refractivity contribution is -0.0286. The second kappa shape index (κ2) is 6.40. The summed E-state index contributed by atoms with van der Waals surface area (Å²) in [6.07, 6.45) is 2.67. The lowest BCUT2D eigenvalue weighted by Gasteiger charge is -2.32. The number of nitrogens with one attached hydrogen (secondary N) is 1. The standard InChI is InChI=1S/C16H25NO2/c1-3-13(2)14-4-6-15(7-5-14)19-12-16(18)8-10-17-11-9-16/h4-7,13,17-18H,3,8-12H2,1-2H3. The molecule has 1 heterocycles. The molecule has 0 saturated carbocycles. The third-order valence-electron chi connectivity index (χ3n) is 4.10. The molecule has 1 aliphatic rings. The van der Waals surface area contributed by atoms with Crippen molar-refractivity contribution in [3.63, 3.8) is 0 Å². The maximum Gasteiger partial charge on any atom is 0.119 e. The Balaban J connectivity index is 1.89. The summed E-state index contributed by atoms with van der Waals surface area (Å²) < 4.78 is 5.74. The summed E-state index contributed by atoms with van der Waals surface area (Å²) in [5.41, 5.74) is 0.677. The molecule has 0 amide bonds. The van der Waals surface area contributed by atoms with Crippen molar-refractivity contribution in [2.24, 2.45) is 0 Å². The van der Waals surface area contributed by atoms with Crippen molar-refractivity contribution in [2.75, 3.05) is 19.7 Å². The van der Waals surface area contributed by atoms with E-state index < -0.39 is 5.60 Å². The van der Waals surface area contributed by atoms with E-state index in [9.17, 15) is 5.11 Å². The Hall–Kier alpha value is -1.06. The highest BCUT2D eigenvalue weighted by atomic mass is 16.5. The van der Waals surface area contributed by atoms with Crippen LogP contribution in [0.5, 0.6) is 5.75 Å². The average Bonchev–Trinajstić information content (AvgIpc) is 2.46. The summed E-state index contributed by atoms with van der Waals surface area (Å²) in [5.74, 6) is 1.43. The average molecular weight is 263 g/mol. The van der Waals surface area contributed by atoms with E-state index in [1.807, 2.05) is 12.1 Å². The molecule has 2 N–H and O–H groups in total. The van der Waals surface area contributed by atoms with E-state index in [1.165, 1.54) is 5.56 Å². The first kappa shape index (κ1) is 14.4. The van der Waals surface area contributed by atoms with Crippen molar-refractivity contribution in [3.8, 4) is 5.75 Å². The number of piperidine rings is 1. The van der Waals surface area contributed by atoms with Crippen LogP contribution in [0, 0.1) is 0 Å². The smallest absolute Gasteiger partial charge is 0.119 e. The molecule has 1 unspecified atom stereocenters. The van der Waals surface area contributed by atoms with E-state index in [1.54, 1.807) is 0 Å². The van der Waals surface area contributed by atoms with Crippen LogP contribution in [0.1, 0.15) is 44.6 Å². The van der Waals surface area contributed by atoms with Gasteiger partial charge in [0.05, 0.1) is 0 Å². The number of hydrogen-bond donors (Lipinski definition) is 2. The van der Waals surface area contributed by atoms with Gasteiger partial charge in [-0.15, -0.1) is 0 Å². The molecule has 0 radical (unpaired) electrons. The van der Waals surface area contributed by atoms with Gasteiger partial charge in [0.1, 0.15) is 18.0 Å². The molecule has 1 aromatic rings. The zero-order valence-electron chi connectivity index (χ0n) is 12.0. The van der Waals surface area contributed by atoms with Gasteiger partial charge in [-0.2, -0.15) is 0 Å². The largest absolute Gasteiger partial charge is 0.491 e. The monoisotopic (exact) mass is 263 g/mol. The molecule has 0 aliphatic carbocycles. The number of rotatable bonds is 5. The number of benzene rings is 1. The Morgan fingerprint density at radius 1 is 1.26 bits per heavy atom. The Labute approximate surface area is 116 Å². The van der Waals surface area contributed by atoms with Gasteiger partial charge >= 0.3 is 0 Å². The lowest BCUT2D eigenvalue weighted by atomic mass is 9.93. The van der Waals surface area contributed by atoms with Crippen molar-refractivity contribution in [3.05, 3.63) is 29.8 Å². The van der Waals surface area contributed by atoms with Gasteiger partial charge in [0, 0.05) is 0 Å². The van der Waals surface area contributed by atoms with Crippen LogP contribution in [0.25, 0.3) is 0 Å². The SMILES string of the molecule is CCC(C)c1ccc(OCC2(O)CCNCC2)cc1. The van der Waals surface area contributed by atoms with Crippen molar-refractivity contribution in [1.82, 2.24) is 5.32 Å². The summed E-state index contributed by atoms with van der Waals surface area (Å²) in [6, 6.07) is 8.25. The van der Waals surface area contributed by atoms with Crippen LogP contribution < -0.4 is 10.1 Å². The van der Waals surface area contributed by atoms with Crippen LogP contribution in [0.3, 0.4) is 0 Å². The third-order valence-corrected chi connectivity index (χ3v) is 4.10.